The molecule has 0 radical (unpaired) electrons. The van der Waals surface area contributed by atoms with Gasteiger partial charge in [0, 0.05) is 19.0 Å². The van der Waals surface area contributed by atoms with Gasteiger partial charge in [0.25, 0.3) is 5.91 Å². The van der Waals surface area contributed by atoms with Gasteiger partial charge in [-0.2, -0.15) is 0 Å². The normalized spacial score (nSPS) is 15.7. The first-order chi connectivity index (χ1) is 11.3. The summed E-state index contributed by atoms with van der Waals surface area (Å²) in [5.74, 6) is -0.553. The second kappa shape index (κ2) is 5.99. The number of hydrogen-bond acceptors (Lipinski definition) is 4. The average molecular weight is 333 g/mol. The van der Waals surface area contributed by atoms with Crippen LogP contribution in [0.15, 0.2) is 28.7 Å². The van der Waals surface area contributed by atoms with Gasteiger partial charge in [0.05, 0.1) is 6.54 Å². The zero-order chi connectivity index (χ0) is 17.4. The third-order valence-electron chi connectivity index (χ3n) is 3.94. The predicted octanol–water partition coefficient (Wildman–Crippen LogP) is 2.39. The molecule has 1 aliphatic heterocycles. The summed E-state index contributed by atoms with van der Waals surface area (Å²) in [6, 6.07) is 5.56. The molecule has 2 aromatic rings. The van der Waals surface area contributed by atoms with E-state index in [-0.39, 0.29) is 23.8 Å². The molecular weight excluding hydrogens is 317 g/mol. The van der Waals surface area contributed by atoms with Crippen molar-refractivity contribution in [2.24, 2.45) is 0 Å². The number of nitrogens with zero attached hydrogens (tertiary/aromatic N) is 1. The molecule has 1 aromatic heterocycles. The largest absolute Gasteiger partial charge is 0.480 e. The van der Waals surface area contributed by atoms with E-state index in [2.05, 4.69) is 0 Å². The Bertz CT molecular complexity index is 813. The molecule has 1 N–H and O–H groups in total. The highest BCUT2D eigenvalue weighted by molar-refractivity contribution is 5.89. The van der Waals surface area contributed by atoms with Crippen LogP contribution in [-0.4, -0.2) is 35.0 Å². The second-order valence-electron chi connectivity index (χ2n) is 5.74. The number of aromatic carboxylic acids is 1. The molecule has 0 fully saturated rings. The van der Waals surface area contributed by atoms with Crippen molar-refractivity contribution >= 4 is 11.9 Å². The molecule has 1 atom stereocenters. The molecule has 126 valence electrons. The van der Waals surface area contributed by atoms with E-state index in [1.54, 1.807) is 14.0 Å². The molecule has 1 amide bonds. The van der Waals surface area contributed by atoms with Crippen molar-refractivity contribution in [1.29, 1.82) is 0 Å². The smallest absolute Gasteiger partial charge is 0.339 e. The number of carboxylic acid groups (broad SMARTS) is 1. The Morgan fingerprint density at radius 2 is 2.12 bits per heavy atom. The second-order valence-corrected chi connectivity index (χ2v) is 5.74. The van der Waals surface area contributed by atoms with Gasteiger partial charge < -0.3 is 19.2 Å². The Labute approximate surface area is 137 Å². The van der Waals surface area contributed by atoms with Crippen molar-refractivity contribution in [3.05, 3.63) is 52.7 Å². The monoisotopic (exact) mass is 333 g/mol. The number of aryl methyl sites for hydroxylation is 1. The van der Waals surface area contributed by atoms with Gasteiger partial charge in [-0.25, -0.2) is 9.18 Å². The first-order valence-electron chi connectivity index (χ1n) is 7.38. The topological polar surface area (TPSA) is 80.0 Å². The maximum absolute atomic E-state index is 13.2. The van der Waals surface area contributed by atoms with Crippen LogP contribution in [0.5, 0.6) is 5.75 Å². The van der Waals surface area contributed by atoms with Crippen LogP contribution in [0.3, 0.4) is 0 Å². The van der Waals surface area contributed by atoms with Crippen molar-refractivity contribution in [3.8, 4) is 5.75 Å². The number of carbonyl (C=O) groups is 2. The fourth-order valence-electron chi connectivity index (χ4n) is 2.75. The Hall–Kier alpha value is -2.83. The lowest BCUT2D eigenvalue weighted by Crippen LogP contribution is -2.38. The molecular formula is C17H16FNO5. The summed E-state index contributed by atoms with van der Waals surface area (Å²) in [5.41, 5.74) is 0.731. The number of likely N-dealkylation sites (N-methyl/N-ethyl adjacent to an activating group) is 1. The number of rotatable bonds is 4. The first-order valence-corrected chi connectivity index (χ1v) is 7.38. The number of carbonyl (C=O) groups excluding carboxylic acids is 1. The maximum Gasteiger partial charge on any atom is 0.339 e. The Kier molecular flexibility index (Phi) is 4.01. The van der Waals surface area contributed by atoms with E-state index in [1.165, 1.54) is 29.2 Å². The highest BCUT2D eigenvalue weighted by Crippen LogP contribution is 2.30. The van der Waals surface area contributed by atoms with Gasteiger partial charge >= 0.3 is 5.97 Å². The van der Waals surface area contributed by atoms with Crippen LogP contribution < -0.4 is 4.74 Å². The number of furan rings is 1. The summed E-state index contributed by atoms with van der Waals surface area (Å²) >= 11 is 0. The number of halogens is 1. The highest BCUT2D eigenvalue weighted by Gasteiger charge is 2.32. The molecule has 2 heterocycles. The molecule has 0 spiro atoms. The zero-order valence-corrected chi connectivity index (χ0v) is 13.2. The zero-order valence-electron chi connectivity index (χ0n) is 13.2. The first kappa shape index (κ1) is 16.0. The Balaban J connectivity index is 1.68. The van der Waals surface area contributed by atoms with Crippen molar-refractivity contribution in [2.75, 3.05) is 7.05 Å². The summed E-state index contributed by atoms with van der Waals surface area (Å²) in [5, 5.41) is 9.03. The predicted molar refractivity (Wildman–Crippen MR) is 81.4 cm³/mol. The molecule has 0 saturated heterocycles. The standard InChI is InChI=1S/C17H16FNO5/c1-9-13(17(21)22)7-12(23-9)8-19(2)16(20)15-6-10-5-11(18)3-4-14(10)24-15/h3-5,7,15H,6,8H2,1-2H3,(H,21,22). The van der Waals surface area contributed by atoms with Crippen LogP contribution in [0.25, 0.3) is 0 Å². The van der Waals surface area contributed by atoms with E-state index in [0.717, 1.165) is 0 Å². The average Bonchev–Trinajstić information content (AvgIpc) is 3.09. The minimum Gasteiger partial charge on any atom is -0.480 e. The van der Waals surface area contributed by atoms with E-state index in [9.17, 15) is 14.0 Å². The summed E-state index contributed by atoms with van der Waals surface area (Å²) in [7, 11) is 1.58. The third kappa shape index (κ3) is 2.97. The molecule has 1 aliphatic rings. The van der Waals surface area contributed by atoms with Gasteiger partial charge in [-0.05, 0) is 31.2 Å². The van der Waals surface area contributed by atoms with Gasteiger partial charge in [0.2, 0.25) is 0 Å². The molecule has 1 aromatic carbocycles. The molecule has 3 rings (SSSR count). The van der Waals surface area contributed by atoms with E-state index in [1.807, 2.05) is 0 Å². The van der Waals surface area contributed by atoms with E-state index < -0.39 is 12.1 Å². The van der Waals surface area contributed by atoms with E-state index in [4.69, 9.17) is 14.3 Å². The lowest BCUT2D eigenvalue weighted by molar-refractivity contribution is -0.137. The van der Waals surface area contributed by atoms with Crippen molar-refractivity contribution < 1.29 is 28.2 Å². The summed E-state index contributed by atoms with van der Waals surface area (Å²) < 4.78 is 24.2. The highest BCUT2D eigenvalue weighted by atomic mass is 19.1. The van der Waals surface area contributed by atoms with Crippen LogP contribution in [0.4, 0.5) is 4.39 Å². The lowest BCUT2D eigenvalue weighted by Gasteiger charge is -2.19. The van der Waals surface area contributed by atoms with Crippen LogP contribution in [0.2, 0.25) is 0 Å². The molecule has 6 nitrogen and oxygen atoms in total. The summed E-state index contributed by atoms with van der Waals surface area (Å²) in [6.07, 6.45) is -0.421. The molecule has 0 saturated carbocycles. The number of benzene rings is 1. The minimum atomic E-state index is -1.08. The van der Waals surface area contributed by atoms with Crippen LogP contribution in [0.1, 0.15) is 27.4 Å². The molecule has 0 aliphatic carbocycles. The van der Waals surface area contributed by atoms with Crippen LogP contribution >= 0.6 is 0 Å². The summed E-state index contributed by atoms with van der Waals surface area (Å²) in [4.78, 5) is 24.9. The van der Waals surface area contributed by atoms with Crippen molar-refractivity contribution in [2.45, 2.75) is 26.0 Å². The molecule has 24 heavy (non-hydrogen) atoms. The van der Waals surface area contributed by atoms with Gasteiger partial charge in [0.1, 0.15) is 28.7 Å². The van der Waals surface area contributed by atoms with Gasteiger partial charge in [-0.3, -0.25) is 4.79 Å². The molecule has 7 heteroatoms. The van der Waals surface area contributed by atoms with E-state index >= 15 is 0 Å². The number of carboxylic acids is 1. The Morgan fingerprint density at radius 1 is 1.38 bits per heavy atom. The van der Waals surface area contributed by atoms with Gasteiger partial charge in [-0.15, -0.1) is 0 Å². The number of hydrogen-bond donors (Lipinski definition) is 1. The number of fused-ring (bicyclic) bond motifs is 1. The van der Waals surface area contributed by atoms with Gasteiger partial charge in [0.15, 0.2) is 6.10 Å². The SMILES string of the molecule is Cc1oc(CN(C)C(=O)C2Cc3cc(F)ccc3O2)cc1C(=O)O. The maximum atomic E-state index is 13.2. The molecule has 1 unspecified atom stereocenters. The summed E-state index contributed by atoms with van der Waals surface area (Å²) in [6.45, 7) is 1.68. The minimum absolute atomic E-state index is 0.0749. The number of ether oxygens (including phenoxy) is 1. The van der Waals surface area contributed by atoms with Crippen LogP contribution in [0, 0.1) is 12.7 Å². The fraction of sp³-hybridized carbons (Fsp3) is 0.294. The fourth-order valence-corrected chi connectivity index (χ4v) is 2.75. The molecule has 0 bridgehead atoms. The van der Waals surface area contributed by atoms with Crippen molar-refractivity contribution in [1.82, 2.24) is 4.90 Å². The third-order valence-corrected chi connectivity index (χ3v) is 3.94. The van der Waals surface area contributed by atoms with Gasteiger partial charge in [-0.1, -0.05) is 0 Å². The Morgan fingerprint density at radius 3 is 2.79 bits per heavy atom. The number of amides is 1. The van der Waals surface area contributed by atoms with Crippen molar-refractivity contribution in [3.63, 3.8) is 0 Å². The quantitative estimate of drug-likeness (QED) is 0.929. The van der Waals surface area contributed by atoms with Crippen LogP contribution in [-0.2, 0) is 17.8 Å². The lowest BCUT2D eigenvalue weighted by atomic mass is 10.1. The van der Waals surface area contributed by atoms with E-state index in [0.29, 0.717) is 29.3 Å².